The van der Waals surface area contributed by atoms with Gasteiger partial charge in [0, 0.05) is 38.0 Å². The Kier molecular flexibility index (Phi) is 4.95. The first-order valence-electron chi connectivity index (χ1n) is 6.54. The predicted octanol–water partition coefficient (Wildman–Crippen LogP) is 2.17. The van der Waals surface area contributed by atoms with Gasteiger partial charge in [0.15, 0.2) is 0 Å². The summed E-state index contributed by atoms with van der Waals surface area (Å²) in [4.78, 5) is 4.33. The van der Waals surface area contributed by atoms with Gasteiger partial charge in [-0.3, -0.25) is 4.98 Å². The molecule has 17 heavy (non-hydrogen) atoms. The van der Waals surface area contributed by atoms with Gasteiger partial charge >= 0.3 is 0 Å². The zero-order valence-electron chi connectivity index (χ0n) is 10.6. The maximum Gasteiger partial charge on any atom is 0.0586 e. The molecule has 1 saturated carbocycles. The Morgan fingerprint density at radius 1 is 1.41 bits per heavy atom. The number of hydrogen-bond donors (Lipinski definition) is 1. The first-order chi connectivity index (χ1) is 8.38. The van der Waals surface area contributed by atoms with E-state index in [-0.39, 0.29) is 0 Å². The number of nitrogens with zero attached hydrogens (tertiary/aromatic N) is 1. The lowest BCUT2D eigenvalue weighted by atomic mass is 9.93. The highest BCUT2D eigenvalue weighted by Crippen LogP contribution is 2.20. The summed E-state index contributed by atoms with van der Waals surface area (Å²) < 4.78 is 5.43. The second-order valence-electron chi connectivity index (χ2n) is 4.75. The molecule has 3 nitrogen and oxygen atoms in total. The van der Waals surface area contributed by atoms with E-state index >= 15 is 0 Å². The first kappa shape index (κ1) is 12.5. The summed E-state index contributed by atoms with van der Waals surface area (Å²) >= 11 is 0. The summed E-state index contributed by atoms with van der Waals surface area (Å²) in [7, 11) is 1.82. The van der Waals surface area contributed by atoms with Crippen molar-refractivity contribution in [2.24, 2.45) is 0 Å². The van der Waals surface area contributed by atoms with Crippen LogP contribution in [-0.4, -0.2) is 30.8 Å². The quantitative estimate of drug-likeness (QED) is 0.848. The molecule has 1 N–H and O–H groups in total. The minimum atomic E-state index is 0.455. The maximum absolute atomic E-state index is 5.43. The average Bonchev–Trinajstić information content (AvgIpc) is 2.40. The minimum absolute atomic E-state index is 0.455. The number of rotatable bonds is 5. The molecule has 0 saturated heterocycles. The van der Waals surface area contributed by atoms with Gasteiger partial charge in [-0.2, -0.15) is 0 Å². The van der Waals surface area contributed by atoms with Gasteiger partial charge in [0.25, 0.3) is 0 Å². The summed E-state index contributed by atoms with van der Waals surface area (Å²) in [6.07, 6.45) is 8.25. The van der Waals surface area contributed by atoms with Crippen molar-refractivity contribution < 1.29 is 4.74 Å². The van der Waals surface area contributed by atoms with Crippen molar-refractivity contribution in [3.8, 4) is 0 Å². The van der Waals surface area contributed by atoms with E-state index in [4.69, 9.17) is 4.74 Å². The van der Waals surface area contributed by atoms with Gasteiger partial charge in [0.05, 0.1) is 6.10 Å². The molecule has 1 aromatic heterocycles. The Morgan fingerprint density at radius 3 is 3.12 bits per heavy atom. The van der Waals surface area contributed by atoms with E-state index in [0.717, 1.165) is 19.4 Å². The molecule has 2 atom stereocenters. The molecule has 0 radical (unpaired) electrons. The van der Waals surface area contributed by atoms with Gasteiger partial charge in [-0.05, 0) is 37.8 Å². The molecule has 1 aliphatic rings. The van der Waals surface area contributed by atoms with Crippen LogP contribution in [0.5, 0.6) is 0 Å². The van der Waals surface area contributed by atoms with Crippen molar-refractivity contribution >= 4 is 0 Å². The van der Waals surface area contributed by atoms with Crippen LogP contribution in [0.25, 0.3) is 0 Å². The van der Waals surface area contributed by atoms with Crippen molar-refractivity contribution in [1.82, 2.24) is 10.3 Å². The number of nitrogens with one attached hydrogen (secondary N) is 1. The van der Waals surface area contributed by atoms with E-state index in [9.17, 15) is 0 Å². The van der Waals surface area contributed by atoms with E-state index in [1.165, 1.54) is 25.0 Å². The zero-order valence-corrected chi connectivity index (χ0v) is 10.6. The molecule has 1 aliphatic carbocycles. The molecule has 94 valence electrons. The molecule has 0 bridgehead atoms. The van der Waals surface area contributed by atoms with Crippen LogP contribution in [-0.2, 0) is 11.2 Å². The number of ether oxygens (including phenoxy) is 1. The normalized spacial score (nSPS) is 24.8. The van der Waals surface area contributed by atoms with E-state index < -0.39 is 0 Å². The maximum atomic E-state index is 5.43. The minimum Gasteiger partial charge on any atom is -0.381 e. The Balaban J connectivity index is 1.68. The Labute approximate surface area is 104 Å². The van der Waals surface area contributed by atoms with Crippen molar-refractivity contribution in [2.45, 2.75) is 44.2 Å². The van der Waals surface area contributed by atoms with E-state index in [1.54, 1.807) is 0 Å². The molecule has 1 aromatic rings. The summed E-state index contributed by atoms with van der Waals surface area (Å²) in [6.45, 7) is 1.01. The Bertz CT molecular complexity index is 315. The summed E-state index contributed by atoms with van der Waals surface area (Å²) in [5.74, 6) is 0. The van der Waals surface area contributed by atoms with Crippen molar-refractivity contribution in [3.05, 3.63) is 30.1 Å². The number of methoxy groups -OCH3 is 1. The number of pyridine rings is 1. The highest BCUT2D eigenvalue weighted by molar-refractivity contribution is 5.03. The van der Waals surface area contributed by atoms with E-state index in [1.807, 2.05) is 25.4 Å². The lowest BCUT2D eigenvalue weighted by molar-refractivity contribution is 0.0590. The molecule has 1 fully saturated rings. The largest absolute Gasteiger partial charge is 0.381 e. The summed E-state index contributed by atoms with van der Waals surface area (Å²) in [5, 5.41) is 3.61. The third-order valence-corrected chi connectivity index (χ3v) is 3.50. The Hall–Kier alpha value is -0.930. The van der Waals surface area contributed by atoms with Crippen LogP contribution in [0.2, 0.25) is 0 Å². The zero-order chi connectivity index (χ0) is 11.9. The highest BCUT2D eigenvalue weighted by atomic mass is 16.5. The fourth-order valence-corrected chi connectivity index (χ4v) is 2.49. The van der Waals surface area contributed by atoms with Crippen molar-refractivity contribution in [3.63, 3.8) is 0 Å². The topological polar surface area (TPSA) is 34.1 Å². The van der Waals surface area contributed by atoms with Crippen LogP contribution in [0, 0.1) is 0 Å². The van der Waals surface area contributed by atoms with Gasteiger partial charge in [-0.1, -0.05) is 6.07 Å². The molecule has 0 aromatic carbocycles. The van der Waals surface area contributed by atoms with Gasteiger partial charge in [-0.15, -0.1) is 0 Å². The van der Waals surface area contributed by atoms with Crippen LogP contribution in [0.15, 0.2) is 24.4 Å². The third kappa shape index (κ3) is 4.10. The number of hydrogen-bond acceptors (Lipinski definition) is 3. The average molecular weight is 234 g/mol. The molecule has 2 unspecified atom stereocenters. The van der Waals surface area contributed by atoms with Gasteiger partial charge in [0.2, 0.25) is 0 Å². The van der Waals surface area contributed by atoms with Gasteiger partial charge in [-0.25, -0.2) is 0 Å². The summed E-state index contributed by atoms with van der Waals surface area (Å²) in [6, 6.07) is 6.71. The van der Waals surface area contributed by atoms with Crippen LogP contribution in [0.1, 0.15) is 31.4 Å². The van der Waals surface area contributed by atoms with E-state index in [2.05, 4.69) is 16.4 Å². The lowest BCUT2D eigenvalue weighted by Gasteiger charge is -2.28. The predicted molar refractivity (Wildman–Crippen MR) is 69.0 cm³/mol. The first-order valence-corrected chi connectivity index (χ1v) is 6.54. The molecule has 3 heteroatoms. The molecule has 0 aliphatic heterocycles. The standard InChI is InChI=1S/C14H22N2O/c1-17-14-7-4-6-13(11-14)16-10-8-12-5-2-3-9-15-12/h2-3,5,9,13-14,16H,4,6-8,10-11H2,1H3. The lowest BCUT2D eigenvalue weighted by Crippen LogP contribution is -2.37. The third-order valence-electron chi connectivity index (χ3n) is 3.50. The fraction of sp³-hybridized carbons (Fsp3) is 0.643. The van der Waals surface area contributed by atoms with Gasteiger partial charge < -0.3 is 10.1 Å². The monoisotopic (exact) mass is 234 g/mol. The fourth-order valence-electron chi connectivity index (χ4n) is 2.49. The second-order valence-corrected chi connectivity index (χ2v) is 4.75. The molecule has 0 spiro atoms. The number of aromatic nitrogens is 1. The van der Waals surface area contributed by atoms with Crippen molar-refractivity contribution in [1.29, 1.82) is 0 Å². The highest BCUT2D eigenvalue weighted by Gasteiger charge is 2.20. The van der Waals surface area contributed by atoms with Gasteiger partial charge in [0.1, 0.15) is 0 Å². The molecular formula is C14H22N2O. The molecule has 2 rings (SSSR count). The van der Waals surface area contributed by atoms with Crippen LogP contribution >= 0.6 is 0 Å². The molecule has 1 heterocycles. The molecular weight excluding hydrogens is 212 g/mol. The second kappa shape index (κ2) is 6.72. The smallest absolute Gasteiger partial charge is 0.0586 e. The SMILES string of the molecule is COC1CCCC(NCCc2ccccn2)C1. The van der Waals surface area contributed by atoms with E-state index in [0.29, 0.717) is 12.1 Å². The van der Waals surface area contributed by atoms with Crippen molar-refractivity contribution in [2.75, 3.05) is 13.7 Å². The molecule has 0 amide bonds. The Morgan fingerprint density at radius 2 is 2.35 bits per heavy atom. The summed E-state index contributed by atoms with van der Waals surface area (Å²) in [5.41, 5.74) is 1.17. The van der Waals surface area contributed by atoms with Crippen LogP contribution in [0.3, 0.4) is 0 Å². The van der Waals surface area contributed by atoms with Crippen LogP contribution in [0.4, 0.5) is 0 Å². The van der Waals surface area contributed by atoms with Crippen LogP contribution < -0.4 is 5.32 Å².